The molecule has 0 spiro atoms. The molecule has 2 N–H and O–H groups in total. The molecule has 0 unspecified atom stereocenters. The van der Waals surface area contributed by atoms with Crippen LogP contribution in [0.2, 0.25) is 5.02 Å². The predicted octanol–water partition coefficient (Wildman–Crippen LogP) is 3.35. The molecular formula is C18H16ClN3O5S2. The van der Waals surface area contributed by atoms with Crippen LogP contribution in [0.1, 0.15) is 0 Å². The third kappa shape index (κ3) is 4.97. The Bertz CT molecular complexity index is 1220. The first-order chi connectivity index (χ1) is 13.7. The lowest BCUT2D eigenvalue weighted by atomic mass is 10.3. The molecule has 0 aliphatic carbocycles. The molecule has 152 valence electrons. The molecule has 0 bridgehead atoms. The van der Waals surface area contributed by atoms with Crippen molar-refractivity contribution in [2.45, 2.75) is 9.79 Å². The maximum Gasteiger partial charge on any atom is 0.261 e. The second-order valence-electron chi connectivity index (χ2n) is 5.77. The Morgan fingerprint density at radius 2 is 1.48 bits per heavy atom. The standard InChI is InChI=1S/C18H16ClN3O5S2/c1-27-18-9-8-16(11-17(18)19)29(25,26)21-13-4-6-15(7-5-13)28(23,24)22-14-3-2-10-20-12-14/h2-12,21-22H,1H3. The van der Waals surface area contributed by atoms with Crippen molar-refractivity contribution in [2.24, 2.45) is 0 Å². The fourth-order valence-corrected chi connectivity index (χ4v) is 4.82. The third-order valence-electron chi connectivity index (χ3n) is 3.76. The van der Waals surface area contributed by atoms with Crippen molar-refractivity contribution in [3.8, 4) is 5.75 Å². The number of ether oxygens (including phenoxy) is 1. The highest BCUT2D eigenvalue weighted by Crippen LogP contribution is 2.28. The van der Waals surface area contributed by atoms with E-state index in [1.165, 1.54) is 62.0 Å². The van der Waals surface area contributed by atoms with Crippen molar-refractivity contribution < 1.29 is 21.6 Å². The average molecular weight is 454 g/mol. The molecule has 1 heterocycles. The molecule has 0 saturated heterocycles. The van der Waals surface area contributed by atoms with Crippen molar-refractivity contribution in [1.29, 1.82) is 0 Å². The number of hydrogen-bond acceptors (Lipinski definition) is 6. The van der Waals surface area contributed by atoms with E-state index in [0.29, 0.717) is 11.4 Å². The van der Waals surface area contributed by atoms with Crippen molar-refractivity contribution in [1.82, 2.24) is 4.98 Å². The summed E-state index contributed by atoms with van der Waals surface area (Å²) in [5, 5.41) is 0.151. The average Bonchev–Trinajstić information content (AvgIpc) is 2.68. The summed E-state index contributed by atoms with van der Waals surface area (Å²) in [7, 11) is -6.34. The molecule has 1 aromatic heterocycles. The molecule has 0 fully saturated rings. The molecule has 0 atom stereocenters. The number of nitrogens with zero attached hydrogens (tertiary/aromatic N) is 1. The van der Waals surface area contributed by atoms with Gasteiger partial charge in [-0.05, 0) is 54.6 Å². The second kappa shape index (κ2) is 8.27. The summed E-state index contributed by atoms with van der Waals surface area (Å²) in [6, 6.07) is 12.5. The van der Waals surface area contributed by atoms with E-state index < -0.39 is 20.0 Å². The van der Waals surface area contributed by atoms with Crippen molar-refractivity contribution >= 4 is 43.0 Å². The maximum atomic E-state index is 12.5. The van der Waals surface area contributed by atoms with Crippen LogP contribution in [0.25, 0.3) is 0 Å². The first kappa shape index (κ1) is 20.9. The second-order valence-corrected chi connectivity index (χ2v) is 9.55. The normalized spacial score (nSPS) is 11.7. The SMILES string of the molecule is COc1ccc(S(=O)(=O)Nc2ccc(S(=O)(=O)Nc3cccnc3)cc2)cc1Cl. The summed E-state index contributed by atoms with van der Waals surface area (Å²) < 4.78 is 59.7. The molecule has 0 saturated carbocycles. The van der Waals surface area contributed by atoms with Gasteiger partial charge in [-0.15, -0.1) is 0 Å². The van der Waals surface area contributed by atoms with Crippen LogP contribution in [0.3, 0.4) is 0 Å². The minimum absolute atomic E-state index is 0.0307. The summed E-state index contributed by atoms with van der Waals surface area (Å²) in [4.78, 5) is 3.75. The van der Waals surface area contributed by atoms with Crippen molar-refractivity contribution in [2.75, 3.05) is 16.6 Å². The van der Waals surface area contributed by atoms with Gasteiger partial charge in [0.15, 0.2) is 0 Å². The largest absolute Gasteiger partial charge is 0.495 e. The fraction of sp³-hybridized carbons (Fsp3) is 0.0556. The molecule has 0 aliphatic heterocycles. The monoisotopic (exact) mass is 453 g/mol. The van der Waals surface area contributed by atoms with Gasteiger partial charge in [0, 0.05) is 11.9 Å². The van der Waals surface area contributed by atoms with Gasteiger partial charge in [-0.2, -0.15) is 0 Å². The van der Waals surface area contributed by atoms with Gasteiger partial charge in [0.05, 0.1) is 33.8 Å². The van der Waals surface area contributed by atoms with Gasteiger partial charge < -0.3 is 4.74 Å². The lowest BCUT2D eigenvalue weighted by molar-refractivity contribution is 0.414. The first-order valence-electron chi connectivity index (χ1n) is 8.10. The number of rotatable bonds is 7. The Balaban J connectivity index is 1.79. The lowest BCUT2D eigenvalue weighted by Crippen LogP contribution is -2.14. The number of aromatic nitrogens is 1. The van der Waals surface area contributed by atoms with Gasteiger partial charge in [0.2, 0.25) is 0 Å². The minimum Gasteiger partial charge on any atom is -0.495 e. The van der Waals surface area contributed by atoms with Crippen LogP contribution in [0.5, 0.6) is 5.75 Å². The number of methoxy groups -OCH3 is 1. The highest BCUT2D eigenvalue weighted by molar-refractivity contribution is 7.93. The lowest BCUT2D eigenvalue weighted by Gasteiger charge is -2.11. The number of sulfonamides is 2. The van der Waals surface area contributed by atoms with Gasteiger partial charge in [0.25, 0.3) is 20.0 Å². The van der Waals surface area contributed by atoms with E-state index in [0.717, 1.165) is 0 Å². The molecule has 2 aromatic carbocycles. The molecule has 0 aliphatic rings. The van der Waals surface area contributed by atoms with Crippen LogP contribution in [0.15, 0.2) is 76.8 Å². The Kier molecular flexibility index (Phi) is 5.96. The van der Waals surface area contributed by atoms with E-state index in [1.807, 2.05) is 0 Å². The molecule has 0 amide bonds. The fourth-order valence-electron chi connectivity index (χ4n) is 2.37. The molecule has 3 rings (SSSR count). The van der Waals surface area contributed by atoms with E-state index in [4.69, 9.17) is 16.3 Å². The molecule has 3 aromatic rings. The Morgan fingerprint density at radius 1 is 0.862 bits per heavy atom. The van der Waals surface area contributed by atoms with Crippen LogP contribution in [0, 0.1) is 0 Å². The molecule has 0 radical (unpaired) electrons. The van der Waals surface area contributed by atoms with E-state index in [2.05, 4.69) is 14.4 Å². The maximum absolute atomic E-state index is 12.5. The molecule has 11 heteroatoms. The van der Waals surface area contributed by atoms with Crippen LogP contribution in [-0.2, 0) is 20.0 Å². The Labute approximate surface area is 173 Å². The van der Waals surface area contributed by atoms with Crippen LogP contribution >= 0.6 is 11.6 Å². The number of nitrogens with one attached hydrogen (secondary N) is 2. The van der Waals surface area contributed by atoms with E-state index in [1.54, 1.807) is 12.1 Å². The smallest absolute Gasteiger partial charge is 0.261 e. The van der Waals surface area contributed by atoms with Crippen molar-refractivity contribution in [3.63, 3.8) is 0 Å². The summed E-state index contributed by atoms with van der Waals surface area (Å²) in [6.07, 6.45) is 2.90. The molecular weight excluding hydrogens is 438 g/mol. The Morgan fingerprint density at radius 3 is 2.07 bits per heavy atom. The topological polar surface area (TPSA) is 114 Å². The zero-order valence-electron chi connectivity index (χ0n) is 15.0. The number of halogens is 1. The zero-order chi connectivity index (χ0) is 21.1. The van der Waals surface area contributed by atoms with Gasteiger partial charge >= 0.3 is 0 Å². The summed E-state index contributed by atoms with van der Waals surface area (Å²) in [5.74, 6) is 0.348. The third-order valence-corrected chi connectivity index (χ3v) is 6.84. The Hall–Kier alpha value is -2.82. The van der Waals surface area contributed by atoms with Crippen LogP contribution < -0.4 is 14.2 Å². The minimum atomic E-state index is -3.92. The van der Waals surface area contributed by atoms with Gasteiger partial charge in [0.1, 0.15) is 5.75 Å². The summed E-state index contributed by atoms with van der Waals surface area (Å²) >= 11 is 5.98. The summed E-state index contributed by atoms with van der Waals surface area (Å²) in [6.45, 7) is 0. The number of pyridine rings is 1. The quantitative estimate of drug-likeness (QED) is 0.567. The number of benzene rings is 2. The number of hydrogen-bond donors (Lipinski definition) is 2. The van der Waals surface area contributed by atoms with E-state index in [-0.39, 0.29) is 20.5 Å². The van der Waals surface area contributed by atoms with Crippen LogP contribution in [-0.4, -0.2) is 28.9 Å². The van der Waals surface area contributed by atoms with Crippen LogP contribution in [0.4, 0.5) is 11.4 Å². The highest BCUT2D eigenvalue weighted by atomic mass is 35.5. The highest BCUT2D eigenvalue weighted by Gasteiger charge is 2.18. The summed E-state index contributed by atoms with van der Waals surface area (Å²) in [5.41, 5.74) is 0.505. The first-order valence-corrected chi connectivity index (χ1v) is 11.4. The van der Waals surface area contributed by atoms with Crippen molar-refractivity contribution in [3.05, 3.63) is 72.0 Å². The molecule has 8 nitrogen and oxygen atoms in total. The van der Waals surface area contributed by atoms with E-state index in [9.17, 15) is 16.8 Å². The zero-order valence-corrected chi connectivity index (χ0v) is 17.4. The van der Waals surface area contributed by atoms with Gasteiger partial charge in [-0.3, -0.25) is 14.4 Å². The van der Waals surface area contributed by atoms with E-state index >= 15 is 0 Å². The van der Waals surface area contributed by atoms with Gasteiger partial charge in [-0.1, -0.05) is 11.6 Å². The molecule has 29 heavy (non-hydrogen) atoms. The predicted molar refractivity (Wildman–Crippen MR) is 110 cm³/mol. The number of anilines is 2. The van der Waals surface area contributed by atoms with Gasteiger partial charge in [-0.25, -0.2) is 16.8 Å².